The van der Waals surface area contributed by atoms with Gasteiger partial charge in [-0.3, -0.25) is 14.5 Å². The van der Waals surface area contributed by atoms with Gasteiger partial charge < -0.3 is 15.5 Å². The highest BCUT2D eigenvalue weighted by Crippen LogP contribution is 2.28. The van der Waals surface area contributed by atoms with Crippen LogP contribution in [0.2, 0.25) is 0 Å². The number of rotatable bonds is 7. The Kier molecular flexibility index (Phi) is 7.40. The Morgan fingerprint density at radius 2 is 1.65 bits per heavy atom. The number of carbonyl (C=O) groups is 2. The van der Waals surface area contributed by atoms with E-state index < -0.39 is 11.9 Å². The Labute approximate surface area is 201 Å². The molecule has 2 N–H and O–H groups in total. The van der Waals surface area contributed by atoms with Gasteiger partial charge in [-0.05, 0) is 48.5 Å². The first-order valence-electron chi connectivity index (χ1n) is 11.6. The van der Waals surface area contributed by atoms with Crippen molar-refractivity contribution in [3.63, 3.8) is 0 Å². The zero-order valence-electron chi connectivity index (χ0n) is 19.9. The third-order valence-electron chi connectivity index (χ3n) is 6.26. The summed E-state index contributed by atoms with van der Waals surface area (Å²) in [5.41, 5.74) is 11.2. The molecule has 0 aliphatic carbocycles. The van der Waals surface area contributed by atoms with Crippen molar-refractivity contribution in [2.24, 2.45) is 5.73 Å². The van der Waals surface area contributed by atoms with E-state index in [1.807, 2.05) is 65.6 Å². The van der Waals surface area contributed by atoms with Crippen molar-refractivity contribution in [2.75, 3.05) is 32.1 Å². The zero-order valence-corrected chi connectivity index (χ0v) is 19.9. The molecule has 1 atom stereocenters. The number of benzene rings is 3. The molecule has 0 radical (unpaired) electrons. The van der Waals surface area contributed by atoms with Gasteiger partial charge in [0, 0.05) is 31.7 Å². The van der Waals surface area contributed by atoms with Gasteiger partial charge in [0.1, 0.15) is 6.04 Å². The molecule has 0 saturated carbocycles. The second-order valence-corrected chi connectivity index (χ2v) is 9.07. The lowest BCUT2D eigenvalue weighted by atomic mass is 9.99. The highest BCUT2D eigenvalue weighted by atomic mass is 16.2. The molecule has 2 amide bonds. The maximum absolute atomic E-state index is 13.1. The fraction of sp³-hybridized carbons (Fsp3) is 0.286. The van der Waals surface area contributed by atoms with Gasteiger partial charge >= 0.3 is 0 Å². The number of nitrogens with two attached hydrogens (primary N) is 1. The predicted molar refractivity (Wildman–Crippen MR) is 136 cm³/mol. The van der Waals surface area contributed by atoms with Crippen molar-refractivity contribution in [3.05, 3.63) is 90.0 Å². The van der Waals surface area contributed by atoms with E-state index in [-0.39, 0.29) is 12.5 Å². The maximum atomic E-state index is 13.1. The number of carbonyl (C=O) groups excluding carboxylic acids is 2. The van der Waals surface area contributed by atoms with E-state index in [0.717, 1.165) is 23.4 Å². The minimum atomic E-state index is -0.549. The molecule has 3 aromatic carbocycles. The molecule has 6 heteroatoms. The topological polar surface area (TPSA) is 69.9 Å². The summed E-state index contributed by atoms with van der Waals surface area (Å²) in [4.78, 5) is 31.3. The normalized spacial score (nSPS) is 17.1. The smallest absolute Gasteiger partial charge is 0.236 e. The van der Waals surface area contributed by atoms with E-state index >= 15 is 0 Å². The summed E-state index contributed by atoms with van der Waals surface area (Å²) >= 11 is 0. The Morgan fingerprint density at radius 3 is 2.32 bits per heavy atom. The lowest BCUT2D eigenvalue weighted by Crippen LogP contribution is -2.49. The van der Waals surface area contributed by atoms with Gasteiger partial charge in [0.25, 0.3) is 0 Å². The SMILES string of the molecule is CN(C)Cc1ccccc1-c1ccc(N2CC(C(N)=O)N(Cc3ccccc3)CCC2=O)cc1. The Bertz CT molecular complexity index is 1130. The molecule has 1 saturated heterocycles. The summed E-state index contributed by atoms with van der Waals surface area (Å²) < 4.78 is 0. The summed E-state index contributed by atoms with van der Waals surface area (Å²) in [5.74, 6) is -0.410. The monoisotopic (exact) mass is 456 g/mol. The summed E-state index contributed by atoms with van der Waals surface area (Å²) in [7, 11) is 4.11. The summed E-state index contributed by atoms with van der Waals surface area (Å²) in [5, 5.41) is 0. The third-order valence-corrected chi connectivity index (χ3v) is 6.26. The van der Waals surface area contributed by atoms with E-state index in [9.17, 15) is 9.59 Å². The van der Waals surface area contributed by atoms with Crippen molar-refractivity contribution in [1.82, 2.24) is 9.80 Å². The summed E-state index contributed by atoms with van der Waals surface area (Å²) in [6, 6.07) is 25.8. The van der Waals surface area contributed by atoms with Crippen LogP contribution in [0.5, 0.6) is 0 Å². The van der Waals surface area contributed by atoms with Gasteiger partial charge in [0.05, 0.1) is 6.54 Å². The van der Waals surface area contributed by atoms with Gasteiger partial charge in [0.15, 0.2) is 0 Å². The first-order valence-corrected chi connectivity index (χ1v) is 11.6. The molecule has 3 aromatic rings. The van der Waals surface area contributed by atoms with Gasteiger partial charge in [-0.25, -0.2) is 0 Å². The lowest BCUT2D eigenvalue weighted by Gasteiger charge is -2.29. The fourth-order valence-corrected chi connectivity index (χ4v) is 4.55. The van der Waals surface area contributed by atoms with Crippen LogP contribution in [-0.2, 0) is 22.7 Å². The fourth-order valence-electron chi connectivity index (χ4n) is 4.55. The van der Waals surface area contributed by atoms with Crippen LogP contribution in [0.25, 0.3) is 11.1 Å². The average molecular weight is 457 g/mol. The molecule has 176 valence electrons. The first kappa shape index (κ1) is 23.7. The first-order chi connectivity index (χ1) is 16.4. The minimum absolute atomic E-state index is 0.00238. The largest absolute Gasteiger partial charge is 0.368 e. The molecule has 1 heterocycles. The van der Waals surface area contributed by atoms with E-state index in [4.69, 9.17) is 5.73 Å². The van der Waals surface area contributed by atoms with Crippen molar-refractivity contribution in [1.29, 1.82) is 0 Å². The van der Waals surface area contributed by atoms with Crippen molar-refractivity contribution in [3.8, 4) is 11.1 Å². The number of hydrogen-bond acceptors (Lipinski definition) is 4. The minimum Gasteiger partial charge on any atom is -0.368 e. The Hall–Kier alpha value is -3.48. The molecule has 0 bridgehead atoms. The molecule has 1 fully saturated rings. The second kappa shape index (κ2) is 10.6. The average Bonchev–Trinajstić information content (AvgIpc) is 2.99. The summed E-state index contributed by atoms with van der Waals surface area (Å²) in [6.07, 6.45) is 0.337. The highest BCUT2D eigenvalue weighted by molar-refractivity contribution is 5.95. The van der Waals surface area contributed by atoms with Crippen LogP contribution in [-0.4, -0.2) is 54.8 Å². The number of primary amides is 1. The van der Waals surface area contributed by atoms with E-state index in [1.165, 1.54) is 11.1 Å². The van der Waals surface area contributed by atoms with Gasteiger partial charge in [-0.15, -0.1) is 0 Å². The molecular weight excluding hydrogens is 424 g/mol. The molecule has 4 rings (SSSR count). The molecular formula is C28H32N4O2. The highest BCUT2D eigenvalue weighted by Gasteiger charge is 2.33. The Morgan fingerprint density at radius 1 is 0.971 bits per heavy atom. The van der Waals surface area contributed by atoms with Gasteiger partial charge in [-0.2, -0.15) is 0 Å². The van der Waals surface area contributed by atoms with E-state index in [0.29, 0.717) is 19.5 Å². The van der Waals surface area contributed by atoms with Gasteiger partial charge in [-0.1, -0.05) is 66.7 Å². The molecule has 0 spiro atoms. The van der Waals surface area contributed by atoms with Crippen LogP contribution >= 0.6 is 0 Å². The van der Waals surface area contributed by atoms with Crippen molar-refractivity contribution in [2.45, 2.75) is 25.6 Å². The third kappa shape index (κ3) is 5.53. The molecule has 1 unspecified atom stereocenters. The van der Waals surface area contributed by atoms with Crippen molar-refractivity contribution >= 4 is 17.5 Å². The molecule has 0 aromatic heterocycles. The molecule has 1 aliphatic heterocycles. The standard InChI is InChI=1S/C28H32N4O2/c1-30(2)19-23-10-6-7-11-25(23)22-12-14-24(15-13-22)32-20-26(28(29)34)31(17-16-27(32)33)18-21-8-4-3-5-9-21/h3-15,26H,16-20H2,1-2H3,(H2,29,34). The summed E-state index contributed by atoms with van der Waals surface area (Å²) in [6.45, 7) is 2.17. The molecule has 6 nitrogen and oxygen atoms in total. The van der Waals surface area contributed by atoms with Crippen molar-refractivity contribution < 1.29 is 9.59 Å². The van der Waals surface area contributed by atoms with Crippen LogP contribution < -0.4 is 10.6 Å². The van der Waals surface area contributed by atoms with Crippen LogP contribution in [0, 0.1) is 0 Å². The zero-order chi connectivity index (χ0) is 24.1. The van der Waals surface area contributed by atoms with E-state index in [1.54, 1.807) is 4.90 Å². The maximum Gasteiger partial charge on any atom is 0.236 e. The quantitative estimate of drug-likeness (QED) is 0.591. The number of nitrogens with zero attached hydrogens (tertiary/aromatic N) is 3. The van der Waals surface area contributed by atoms with Crippen LogP contribution in [0.4, 0.5) is 5.69 Å². The molecule has 34 heavy (non-hydrogen) atoms. The second-order valence-electron chi connectivity index (χ2n) is 9.07. The predicted octanol–water partition coefficient (Wildman–Crippen LogP) is 3.51. The number of hydrogen-bond donors (Lipinski definition) is 1. The lowest BCUT2D eigenvalue weighted by molar-refractivity contribution is -0.123. The Balaban J connectivity index is 1.57. The number of anilines is 1. The van der Waals surface area contributed by atoms with Crippen LogP contribution in [0.15, 0.2) is 78.9 Å². The van der Waals surface area contributed by atoms with E-state index in [2.05, 4.69) is 37.2 Å². The number of amides is 2. The van der Waals surface area contributed by atoms with Crippen LogP contribution in [0.3, 0.4) is 0 Å². The van der Waals surface area contributed by atoms with Gasteiger partial charge in [0.2, 0.25) is 11.8 Å². The van der Waals surface area contributed by atoms with Crippen LogP contribution in [0.1, 0.15) is 17.5 Å². The molecule has 1 aliphatic rings.